The van der Waals surface area contributed by atoms with E-state index in [1.54, 1.807) is 19.2 Å². The predicted molar refractivity (Wildman–Crippen MR) is 109 cm³/mol. The number of carbonyl (C=O) groups is 2. The largest absolute Gasteiger partial charge is 0.495 e. The minimum atomic E-state index is -0.373. The molecule has 142 valence electrons. The van der Waals surface area contributed by atoms with Crippen molar-refractivity contribution in [3.63, 3.8) is 0 Å². The van der Waals surface area contributed by atoms with Crippen LogP contribution in [0.25, 0.3) is 0 Å². The Morgan fingerprint density at radius 3 is 1.52 bits per heavy atom. The molecule has 2 atom stereocenters. The van der Waals surface area contributed by atoms with Crippen molar-refractivity contribution in [2.45, 2.75) is 11.8 Å². The number of ether oxygens (including phenoxy) is 1. The fourth-order valence-electron chi connectivity index (χ4n) is 5.73. The van der Waals surface area contributed by atoms with Gasteiger partial charge in [-0.3, -0.25) is 9.59 Å². The van der Waals surface area contributed by atoms with Crippen molar-refractivity contribution < 1.29 is 14.3 Å². The SMILES string of the molecule is COc1ccccc1N1C(=O)[C@H]2C3c4ccccc4C(c4ccccc43)[C@@H]2C1=O. The van der Waals surface area contributed by atoms with Gasteiger partial charge in [0.05, 0.1) is 24.6 Å². The van der Waals surface area contributed by atoms with E-state index < -0.39 is 0 Å². The smallest absolute Gasteiger partial charge is 0.238 e. The fraction of sp³-hybridized carbons (Fsp3) is 0.200. The number of hydrogen-bond acceptors (Lipinski definition) is 3. The summed E-state index contributed by atoms with van der Waals surface area (Å²) in [4.78, 5) is 28.7. The van der Waals surface area contributed by atoms with Crippen molar-refractivity contribution >= 4 is 17.5 Å². The van der Waals surface area contributed by atoms with Crippen molar-refractivity contribution in [3.05, 3.63) is 95.1 Å². The number of rotatable bonds is 2. The summed E-state index contributed by atoms with van der Waals surface area (Å²) in [7, 11) is 1.56. The maximum absolute atomic E-state index is 13.7. The third-order valence-corrected chi connectivity index (χ3v) is 6.77. The summed E-state index contributed by atoms with van der Waals surface area (Å²) in [5.74, 6) is -0.631. The van der Waals surface area contributed by atoms with E-state index in [1.165, 1.54) is 27.2 Å². The Balaban J connectivity index is 1.58. The quantitative estimate of drug-likeness (QED) is 0.628. The van der Waals surface area contributed by atoms with Gasteiger partial charge in [-0.2, -0.15) is 0 Å². The molecule has 4 heteroatoms. The summed E-state index contributed by atoms with van der Waals surface area (Å²) in [5.41, 5.74) is 5.26. The highest BCUT2D eigenvalue weighted by atomic mass is 16.5. The van der Waals surface area contributed by atoms with E-state index in [0.29, 0.717) is 11.4 Å². The molecule has 1 fully saturated rings. The molecule has 0 spiro atoms. The van der Waals surface area contributed by atoms with Crippen LogP contribution in [0.3, 0.4) is 0 Å². The molecule has 0 saturated carbocycles. The van der Waals surface area contributed by atoms with E-state index in [9.17, 15) is 9.59 Å². The molecule has 7 rings (SSSR count). The second-order valence-electron chi connectivity index (χ2n) is 7.95. The van der Waals surface area contributed by atoms with Gasteiger partial charge in [-0.05, 0) is 34.4 Å². The van der Waals surface area contributed by atoms with Crippen LogP contribution in [0, 0.1) is 11.8 Å². The summed E-state index contributed by atoms with van der Waals surface area (Å²) in [5, 5.41) is 0. The molecule has 1 aliphatic heterocycles. The van der Waals surface area contributed by atoms with Crippen LogP contribution in [0.1, 0.15) is 34.1 Å². The zero-order chi connectivity index (χ0) is 19.7. The first-order valence-electron chi connectivity index (χ1n) is 9.91. The van der Waals surface area contributed by atoms with Gasteiger partial charge in [-0.15, -0.1) is 0 Å². The Labute approximate surface area is 168 Å². The molecular weight excluding hydrogens is 362 g/mol. The molecule has 3 aromatic rings. The van der Waals surface area contributed by atoms with Gasteiger partial charge in [0.25, 0.3) is 0 Å². The van der Waals surface area contributed by atoms with Crippen LogP contribution in [-0.2, 0) is 9.59 Å². The van der Waals surface area contributed by atoms with Crippen molar-refractivity contribution in [3.8, 4) is 5.75 Å². The lowest BCUT2D eigenvalue weighted by atomic mass is 9.55. The zero-order valence-electron chi connectivity index (χ0n) is 15.9. The third-order valence-electron chi connectivity index (χ3n) is 6.77. The first kappa shape index (κ1) is 16.5. The number of benzene rings is 3. The van der Waals surface area contributed by atoms with Gasteiger partial charge >= 0.3 is 0 Å². The molecule has 29 heavy (non-hydrogen) atoms. The normalized spacial score (nSPS) is 26.2. The number of anilines is 1. The summed E-state index contributed by atoms with van der Waals surface area (Å²) < 4.78 is 5.45. The van der Waals surface area contributed by atoms with Gasteiger partial charge < -0.3 is 4.74 Å². The van der Waals surface area contributed by atoms with Crippen molar-refractivity contribution in [2.24, 2.45) is 11.8 Å². The number of para-hydroxylation sites is 2. The minimum absolute atomic E-state index is 0.0893. The molecule has 0 unspecified atom stereocenters. The summed E-state index contributed by atoms with van der Waals surface area (Å²) in [6, 6.07) is 23.8. The highest BCUT2D eigenvalue weighted by molar-refractivity contribution is 6.24. The number of imide groups is 1. The number of methoxy groups -OCH3 is 1. The predicted octanol–water partition coefficient (Wildman–Crippen LogP) is 4.09. The molecule has 3 aromatic carbocycles. The van der Waals surface area contributed by atoms with Gasteiger partial charge in [0.1, 0.15) is 5.75 Å². The van der Waals surface area contributed by atoms with Gasteiger partial charge in [-0.1, -0.05) is 60.7 Å². The molecule has 2 bridgehead atoms. The van der Waals surface area contributed by atoms with Gasteiger partial charge in [0.2, 0.25) is 11.8 Å². The van der Waals surface area contributed by atoms with Gasteiger partial charge in [0.15, 0.2) is 0 Å². The van der Waals surface area contributed by atoms with Gasteiger partial charge in [-0.25, -0.2) is 4.90 Å². The number of hydrogen-bond donors (Lipinski definition) is 0. The summed E-state index contributed by atoms with van der Waals surface area (Å²) in [6.45, 7) is 0. The van der Waals surface area contributed by atoms with E-state index in [-0.39, 0.29) is 35.5 Å². The molecular formula is C25H19NO3. The molecule has 0 aromatic heterocycles. The van der Waals surface area contributed by atoms with Crippen LogP contribution in [0.15, 0.2) is 72.8 Å². The van der Waals surface area contributed by atoms with Crippen molar-refractivity contribution in [1.82, 2.24) is 0 Å². The third kappa shape index (κ3) is 1.98. The summed E-state index contributed by atoms with van der Waals surface area (Å²) in [6.07, 6.45) is 0. The average molecular weight is 381 g/mol. The summed E-state index contributed by atoms with van der Waals surface area (Å²) >= 11 is 0. The van der Waals surface area contributed by atoms with E-state index in [0.717, 1.165) is 0 Å². The molecule has 4 nitrogen and oxygen atoms in total. The number of nitrogens with zero attached hydrogens (tertiary/aromatic N) is 1. The second kappa shape index (κ2) is 5.80. The van der Waals surface area contributed by atoms with E-state index >= 15 is 0 Å². The molecule has 3 aliphatic carbocycles. The topological polar surface area (TPSA) is 46.6 Å². The first-order valence-corrected chi connectivity index (χ1v) is 9.91. The van der Waals surface area contributed by atoms with Crippen LogP contribution < -0.4 is 9.64 Å². The number of amides is 2. The average Bonchev–Trinajstić information content (AvgIpc) is 3.04. The lowest BCUT2D eigenvalue weighted by molar-refractivity contribution is -0.122. The molecule has 0 N–H and O–H groups in total. The Hall–Kier alpha value is -3.40. The number of carbonyl (C=O) groups excluding carboxylic acids is 2. The highest BCUT2D eigenvalue weighted by Crippen LogP contribution is 2.61. The Bertz CT molecular complexity index is 1070. The van der Waals surface area contributed by atoms with Crippen LogP contribution in [-0.4, -0.2) is 18.9 Å². The molecule has 4 aliphatic rings. The lowest BCUT2D eigenvalue weighted by Gasteiger charge is -2.45. The Morgan fingerprint density at radius 1 is 0.655 bits per heavy atom. The molecule has 2 amide bonds. The van der Waals surface area contributed by atoms with E-state index in [2.05, 4.69) is 24.3 Å². The van der Waals surface area contributed by atoms with Crippen LogP contribution in [0.2, 0.25) is 0 Å². The monoisotopic (exact) mass is 381 g/mol. The van der Waals surface area contributed by atoms with Crippen molar-refractivity contribution in [1.29, 1.82) is 0 Å². The molecule has 1 heterocycles. The highest BCUT2D eigenvalue weighted by Gasteiger charge is 2.62. The van der Waals surface area contributed by atoms with Crippen molar-refractivity contribution in [2.75, 3.05) is 12.0 Å². The lowest BCUT2D eigenvalue weighted by Crippen LogP contribution is -2.41. The molecule has 0 radical (unpaired) electrons. The minimum Gasteiger partial charge on any atom is -0.495 e. The van der Waals surface area contributed by atoms with Crippen LogP contribution in [0.5, 0.6) is 5.75 Å². The standard InChI is InChI=1S/C25H19NO3/c1-29-19-13-7-6-12-18(19)26-24(27)22-20-14-8-2-3-9-15(14)21(23(22)25(26)28)17-11-5-4-10-16(17)20/h2-13,20-23H,1H3/t20?,21?,22-,23-/m0/s1. The second-order valence-corrected chi connectivity index (χ2v) is 7.95. The maximum atomic E-state index is 13.7. The zero-order valence-corrected chi connectivity index (χ0v) is 15.9. The first-order chi connectivity index (χ1) is 14.2. The Kier molecular flexibility index (Phi) is 3.31. The van der Waals surface area contributed by atoms with E-state index in [1.807, 2.05) is 36.4 Å². The Morgan fingerprint density at radius 2 is 1.07 bits per heavy atom. The maximum Gasteiger partial charge on any atom is 0.238 e. The van der Waals surface area contributed by atoms with Gasteiger partial charge in [0, 0.05) is 11.8 Å². The van der Waals surface area contributed by atoms with E-state index in [4.69, 9.17) is 4.74 Å². The fourth-order valence-corrected chi connectivity index (χ4v) is 5.73. The molecule has 1 saturated heterocycles. The van der Waals surface area contributed by atoms with Crippen LogP contribution in [0.4, 0.5) is 5.69 Å². The van der Waals surface area contributed by atoms with Crippen LogP contribution >= 0.6 is 0 Å².